The van der Waals surface area contributed by atoms with E-state index in [-0.39, 0.29) is 5.69 Å². The van der Waals surface area contributed by atoms with Crippen molar-refractivity contribution in [2.75, 3.05) is 23.7 Å². The van der Waals surface area contributed by atoms with Gasteiger partial charge in [-0.25, -0.2) is 0 Å². The predicted molar refractivity (Wildman–Crippen MR) is 77.4 cm³/mol. The number of hydrogen-bond donors (Lipinski definition) is 1. The number of nitro groups is 1. The van der Waals surface area contributed by atoms with Crippen LogP contribution in [-0.4, -0.2) is 18.0 Å². The van der Waals surface area contributed by atoms with Crippen molar-refractivity contribution < 1.29 is 4.92 Å². The second-order valence-electron chi connectivity index (χ2n) is 5.65. The molecule has 1 aromatic rings. The van der Waals surface area contributed by atoms with Crippen LogP contribution in [0.1, 0.15) is 33.1 Å². The molecule has 0 saturated carbocycles. The molecule has 1 aliphatic rings. The first-order chi connectivity index (χ1) is 8.95. The van der Waals surface area contributed by atoms with Crippen molar-refractivity contribution in [1.82, 2.24) is 0 Å². The van der Waals surface area contributed by atoms with E-state index >= 15 is 0 Å². The lowest BCUT2D eigenvalue weighted by Crippen LogP contribution is -2.38. The Morgan fingerprint density at radius 2 is 2.05 bits per heavy atom. The molecule has 1 heterocycles. The summed E-state index contributed by atoms with van der Waals surface area (Å²) in [6.45, 7) is 6.48. The van der Waals surface area contributed by atoms with Crippen LogP contribution in [0, 0.1) is 15.5 Å². The minimum absolute atomic E-state index is 0.0525. The van der Waals surface area contributed by atoms with Crippen LogP contribution in [-0.2, 0) is 0 Å². The zero-order valence-corrected chi connectivity index (χ0v) is 11.6. The Morgan fingerprint density at radius 1 is 1.42 bits per heavy atom. The minimum atomic E-state index is -0.412. The third-order valence-corrected chi connectivity index (χ3v) is 4.39. The van der Waals surface area contributed by atoms with Gasteiger partial charge in [0.2, 0.25) is 0 Å². The first-order valence-corrected chi connectivity index (χ1v) is 6.74. The molecule has 1 saturated heterocycles. The Balaban J connectivity index is 2.14. The van der Waals surface area contributed by atoms with Crippen molar-refractivity contribution in [3.8, 4) is 0 Å². The molecule has 0 amide bonds. The van der Waals surface area contributed by atoms with Gasteiger partial charge in [0.25, 0.3) is 5.69 Å². The van der Waals surface area contributed by atoms with E-state index in [1.54, 1.807) is 6.07 Å². The van der Waals surface area contributed by atoms with Gasteiger partial charge in [0, 0.05) is 25.2 Å². The molecule has 2 N–H and O–H groups in total. The number of non-ortho nitro benzene ring substituents is 1. The second-order valence-corrected chi connectivity index (χ2v) is 5.65. The van der Waals surface area contributed by atoms with Crippen LogP contribution < -0.4 is 10.6 Å². The monoisotopic (exact) mass is 263 g/mol. The van der Waals surface area contributed by atoms with Gasteiger partial charge in [0.05, 0.1) is 16.3 Å². The van der Waals surface area contributed by atoms with E-state index in [0.717, 1.165) is 31.6 Å². The highest BCUT2D eigenvalue weighted by atomic mass is 16.6. The van der Waals surface area contributed by atoms with Gasteiger partial charge in [0.15, 0.2) is 0 Å². The molecular formula is C14H21N3O2. The highest BCUT2D eigenvalue weighted by molar-refractivity contribution is 5.70. The van der Waals surface area contributed by atoms with Crippen LogP contribution in [0.4, 0.5) is 17.1 Å². The van der Waals surface area contributed by atoms with Gasteiger partial charge >= 0.3 is 0 Å². The molecule has 1 aromatic carbocycles. The summed E-state index contributed by atoms with van der Waals surface area (Å²) in [5, 5.41) is 10.7. The van der Waals surface area contributed by atoms with Gasteiger partial charge in [-0.2, -0.15) is 0 Å². The number of anilines is 2. The topological polar surface area (TPSA) is 72.4 Å². The standard InChI is InChI=1S/C14H21N3O2/c1-3-14(2)6-8-16(9-7-14)13-5-4-11(17(18)19)10-12(13)15/h4-5,10H,3,6-9,15H2,1-2H3. The molecule has 1 fully saturated rings. The Morgan fingerprint density at radius 3 is 2.53 bits per heavy atom. The van der Waals surface area contributed by atoms with Crippen LogP contribution in [0.2, 0.25) is 0 Å². The summed E-state index contributed by atoms with van der Waals surface area (Å²) in [4.78, 5) is 12.5. The highest BCUT2D eigenvalue weighted by Gasteiger charge is 2.29. The van der Waals surface area contributed by atoms with Crippen molar-refractivity contribution in [2.45, 2.75) is 33.1 Å². The SMILES string of the molecule is CCC1(C)CCN(c2ccc([N+](=O)[O-])cc2N)CC1. The summed E-state index contributed by atoms with van der Waals surface area (Å²) in [5.74, 6) is 0. The van der Waals surface area contributed by atoms with Gasteiger partial charge in [-0.3, -0.25) is 10.1 Å². The highest BCUT2D eigenvalue weighted by Crippen LogP contribution is 2.37. The maximum atomic E-state index is 10.7. The van der Waals surface area contributed by atoms with Crippen molar-refractivity contribution in [3.63, 3.8) is 0 Å². The van der Waals surface area contributed by atoms with Crippen molar-refractivity contribution >= 4 is 17.1 Å². The maximum Gasteiger partial charge on any atom is 0.271 e. The molecule has 0 bridgehead atoms. The Kier molecular flexibility index (Phi) is 3.64. The summed E-state index contributed by atoms with van der Waals surface area (Å²) in [6, 6.07) is 4.74. The molecule has 104 valence electrons. The quantitative estimate of drug-likeness (QED) is 0.516. The van der Waals surface area contributed by atoms with Gasteiger partial charge in [-0.05, 0) is 24.3 Å². The molecule has 0 atom stereocenters. The molecule has 5 nitrogen and oxygen atoms in total. The number of hydrogen-bond acceptors (Lipinski definition) is 4. The fraction of sp³-hybridized carbons (Fsp3) is 0.571. The molecule has 2 rings (SSSR count). The summed E-state index contributed by atoms with van der Waals surface area (Å²) < 4.78 is 0. The predicted octanol–water partition coefficient (Wildman–Crippen LogP) is 3.19. The van der Waals surface area contributed by atoms with E-state index < -0.39 is 4.92 Å². The van der Waals surface area contributed by atoms with E-state index in [9.17, 15) is 10.1 Å². The largest absolute Gasteiger partial charge is 0.397 e. The molecule has 19 heavy (non-hydrogen) atoms. The first-order valence-electron chi connectivity index (χ1n) is 6.74. The molecule has 0 aliphatic carbocycles. The van der Waals surface area contributed by atoms with Crippen molar-refractivity contribution in [3.05, 3.63) is 28.3 Å². The fourth-order valence-corrected chi connectivity index (χ4v) is 2.58. The average molecular weight is 263 g/mol. The number of benzene rings is 1. The Labute approximate surface area is 113 Å². The first kappa shape index (κ1) is 13.6. The number of nitro benzene ring substituents is 1. The average Bonchev–Trinajstić information content (AvgIpc) is 2.40. The lowest BCUT2D eigenvalue weighted by molar-refractivity contribution is -0.384. The lowest BCUT2D eigenvalue weighted by atomic mass is 9.78. The van der Waals surface area contributed by atoms with E-state index in [1.807, 2.05) is 0 Å². The number of nitrogens with two attached hydrogens (primary N) is 1. The zero-order valence-electron chi connectivity index (χ0n) is 11.6. The molecular weight excluding hydrogens is 242 g/mol. The molecule has 1 aliphatic heterocycles. The van der Waals surface area contributed by atoms with E-state index in [1.165, 1.54) is 18.6 Å². The van der Waals surface area contributed by atoms with Crippen molar-refractivity contribution in [1.29, 1.82) is 0 Å². The summed E-state index contributed by atoms with van der Waals surface area (Å²) in [6.07, 6.45) is 3.47. The molecule has 0 spiro atoms. The van der Waals surface area contributed by atoms with E-state index in [0.29, 0.717) is 11.1 Å². The van der Waals surface area contributed by atoms with Crippen molar-refractivity contribution in [2.24, 2.45) is 5.41 Å². The van der Waals surface area contributed by atoms with Crippen LogP contribution in [0.5, 0.6) is 0 Å². The maximum absolute atomic E-state index is 10.7. The van der Waals surface area contributed by atoms with Crippen LogP contribution in [0.25, 0.3) is 0 Å². The summed E-state index contributed by atoms with van der Waals surface area (Å²) >= 11 is 0. The second kappa shape index (κ2) is 5.07. The Hall–Kier alpha value is -1.78. The van der Waals surface area contributed by atoms with Crippen LogP contribution >= 0.6 is 0 Å². The van der Waals surface area contributed by atoms with Gasteiger partial charge in [-0.1, -0.05) is 20.3 Å². The fourth-order valence-electron chi connectivity index (χ4n) is 2.58. The number of nitrogen functional groups attached to an aromatic ring is 1. The lowest BCUT2D eigenvalue weighted by Gasteiger charge is -2.40. The van der Waals surface area contributed by atoms with Gasteiger partial charge in [0.1, 0.15) is 0 Å². The van der Waals surface area contributed by atoms with E-state index in [2.05, 4.69) is 18.7 Å². The van der Waals surface area contributed by atoms with Crippen LogP contribution in [0.3, 0.4) is 0 Å². The molecule has 0 unspecified atom stereocenters. The van der Waals surface area contributed by atoms with Gasteiger partial charge in [-0.15, -0.1) is 0 Å². The third kappa shape index (κ3) is 2.80. The summed E-state index contributed by atoms with van der Waals surface area (Å²) in [7, 11) is 0. The number of rotatable bonds is 3. The van der Waals surface area contributed by atoms with Crippen LogP contribution in [0.15, 0.2) is 18.2 Å². The molecule has 5 heteroatoms. The smallest absolute Gasteiger partial charge is 0.271 e. The number of nitrogens with zero attached hydrogens (tertiary/aromatic N) is 2. The number of piperidine rings is 1. The van der Waals surface area contributed by atoms with Gasteiger partial charge < -0.3 is 10.6 Å². The minimum Gasteiger partial charge on any atom is -0.397 e. The van der Waals surface area contributed by atoms with E-state index in [4.69, 9.17) is 5.73 Å². The molecule has 0 radical (unpaired) electrons. The zero-order chi connectivity index (χ0) is 14.0. The third-order valence-electron chi connectivity index (χ3n) is 4.39. The molecule has 0 aromatic heterocycles. The summed E-state index contributed by atoms with van der Waals surface area (Å²) in [5.41, 5.74) is 7.83. The Bertz CT molecular complexity index is 480. The normalized spacial score (nSPS) is 18.3.